The SMILES string of the molecule is CC(C)C[C@H](NC(=O)OCc1ccc(C(=O)Cc2ccccc2)cc1)C(=O)O. The van der Waals surface area contributed by atoms with Gasteiger partial charge in [-0.1, -0.05) is 68.4 Å². The van der Waals surface area contributed by atoms with Crippen LogP contribution in [0.2, 0.25) is 0 Å². The quantitative estimate of drug-likeness (QED) is 0.642. The van der Waals surface area contributed by atoms with Crippen LogP contribution in [0.1, 0.15) is 41.8 Å². The number of carbonyl (C=O) groups is 3. The highest BCUT2D eigenvalue weighted by atomic mass is 16.5. The van der Waals surface area contributed by atoms with Crippen molar-refractivity contribution in [2.24, 2.45) is 5.92 Å². The summed E-state index contributed by atoms with van der Waals surface area (Å²) in [4.78, 5) is 35.3. The van der Waals surface area contributed by atoms with Gasteiger partial charge in [0.1, 0.15) is 12.6 Å². The van der Waals surface area contributed by atoms with Gasteiger partial charge in [0.2, 0.25) is 0 Å². The van der Waals surface area contributed by atoms with Crippen molar-refractivity contribution in [2.45, 2.75) is 39.3 Å². The minimum Gasteiger partial charge on any atom is -0.480 e. The van der Waals surface area contributed by atoms with E-state index in [1.807, 2.05) is 44.2 Å². The molecule has 1 atom stereocenters. The van der Waals surface area contributed by atoms with Crippen LogP contribution in [0.4, 0.5) is 4.79 Å². The molecule has 0 radical (unpaired) electrons. The van der Waals surface area contributed by atoms with E-state index in [4.69, 9.17) is 9.84 Å². The molecule has 2 aromatic rings. The lowest BCUT2D eigenvalue weighted by Crippen LogP contribution is -2.41. The standard InChI is InChI=1S/C22H25NO5/c1-15(2)12-19(21(25)26)23-22(27)28-14-17-8-10-18(11-9-17)20(24)13-16-6-4-3-5-7-16/h3-11,15,19H,12-14H2,1-2H3,(H,23,27)(H,25,26)/t19-/m0/s1. The van der Waals surface area contributed by atoms with Gasteiger partial charge in [0.25, 0.3) is 0 Å². The molecule has 0 bridgehead atoms. The maximum atomic E-state index is 12.3. The van der Waals surface area contributed by atoms with E-state index in [0.29, 0.717) is 24.0 Å². The molecule has 2 rings (SSSR count). The molecule has 1 amide bonds. The highest BCUT2D eigenvalue weighted by Gasteiger charge is 2.21. The number of carboxylic acid groups (broad SMARTS) is 1. The Kier molecular flexibility index (Phi) is 7.75. The molecule has 0 spiro atoms. The molecule has 6 nitrogen and oxygen atoms in total. The minimum atomic E-state index is -1.09. The number of hydrogen-bond donors (Lipinski definition) is 2. The number of Topliss-reactive ketones (excluding diaryl/α,β-unsaturated/α-hetero) is 1. The third-order valence-corrected chi connectivity index (χ3v) is 4.15. The molecule has 2 N–H and O–H groups in total. The van der Waals surface area contributed by atoms with Crippen molar-refractivity contribution in [3.63, 3.8) is 0 Å². The van der Waals surface area contributed by atoms with Crippen LogP contribution < -0.4 is 5.32 Å². The van der Waals surface area contributed by atoms with E-state index < -0.39 is 18.1 Å². The molecule has 0 heterocycles. The number of carbonyl (C=O) groups excluding carboxylic acids is 2. The summed E-state index contributed by atoms with van der Waals surface area (Å²) < 4.78 is 5.09. The number of amides is 1. The van der Waals surface area contributed by atoms with E-state index in [9.17, 15) is 14.4 Å². The van der Waals surface area contributed by atoms with Gasteiger partial charge in [-0.2, -0.15) is 0 Å². The summed E-state index contributed by atoms with van der Waals surface area (Å²) in [5.74, 6) is -0.955. The number of ether oxygens (including phenoxy) is 1. The summed E-state index contributed by atoms with van der Waals surface area (Å²) in [7, 11) is 0. The molecule has 6 heteroatoms. The Bertz CT molecular complexity index is 799. The molecule has 0 aliphatic heterocycles. The molecule has 0 aromatic heterocycles. The lowest BCUT2D eigenvalue weighted by Gasteiger charge is -2.16. The molecular weight excluding hydrogens is 358 g/mol. The third-order valence-electron chi connectivity index (χ3n) is 4.15. The van der Waals surface area contributed by atoms with E-state index in [-0.39, 0.29) is 18.3 Å². The fourth-order valence-electron chi connectivity index (χ4n) is 2.70. The number of aliphatic carboxylic acids is 1. The summed E-state index contributed by atoms with van der Waals surface area (Å²) in [5.41, 5.74) is 2.24. The normalized spacial score (nSPS) is 11.7. The number of alkyl carbamates (subject to hydrolysis) is 1. The van der Waals surface area contributed by atoms with Gasteiger partial charge in [0.05, 0.1) is 0 Å². The van der Waals surface area contributed by atoms with Gasteiger partial charge in [-0.25, -0.2) is 9.59 Å². The molecule has 0 unspecified atom stereocenters. The second-order valence-corrected chi connectivity index (χ2v) is 7.02. The average Bonchev–Trinajstić information content (AvgIpc) is 2.66. The number of carboxylic acids is 1. The largest absolute Gasteiger partial charge is 0.480 e. The van der Waals surface area contributed by atoms with Crippen LogP contribution in [0.3, 0.4) is 0 Å². The fraction of sp³-hybridized carbons (Fsp3) is 0.318. The van der Waals surface area contributed by atoms with Gasteiger partial charge in [0, 0.05) is 12.0 Å². The molecule has 0 saturated heterocycles. The summed E-state index contributed by atoms with van der Waals surface area (Å²) >= 11 is 0. The van der Waals surface area contributed by atoms with E-state index in [1.165, 1.54) is 0 Å². The Hall–Kier alpha value is -3.15. The fourth-order valence-corrected chi connectivity index (χ4v) is 2.70. The van der Waals surface area contributed by atoms with Crippen LogP contribution in [-0.4, -0.2) is 29.0 Å². The Morgan fingerprint density at radius 2 is 1.61 bits per heavy atom. The number of nitrogens with one attached hydrogen (secondary N) is 1. The molecule has 2 aromatic carbocycles. The van der Waals surface area contributed by atoms with Crippen molar-refractivity contribution in [3.8, 4) is 0 Å². The summed E-state index contributed by atoms with van der Waals surface area (Å²) in [6.07, 6.45) is -0.133. The first-order chi connectivity index (χ1) is 13.3. The Morgan fingerprint density at radius 3 is 2.18 bits per heavy atom. The molecular formula is C22H25NO5. The lowest BCUT2D eigenvalue weighted by atomic mass is 10.0. The molecule has 0 fully saturated rings. The second kappa shape index (κ2) is 10.3. The van der Waals surface area contributed by atoms with Crippen LogP contribution in [0, 0.1) is 5.92 Å². The number of rotatable bonds is 9. The predicted molar refractivity (Wildman–Crippen MR) is 105 cm³/mol. The molecule has 0 saturated carbocycles. The highest BCUT2D eigenvalue weighted by Crippen LogP contribution is 2.11. The average molecular weight is 383 g/mol. The van der Waals surface area contributed by atoms with Gasteiger partial charge in [-0.05, 0) is 23.5 Å². The van der Waals surface area contributed by atoms with Gasteiger partial charge in [-0.3, -0.25) is 4.79 Å². The lowest BCUT2D eigenvalue weighted by molar-refractivity contribution is -0.139. The molecule has 0 aliphatic rings. The minimum absolute atomic E-state index is 0.00694. The van der Waals surface area contributed by atoms with Crippen molar-refractivity contribution in [1.29, 1.82) is 0 Å². The maximum absolute atomic E-state index is 12.3. The zero-order valence-electron chi connectivity index (χ0n) is 16.1. The van der Waals surface area contributed by atoms with Gasteiger partial charge in [-0.15, -0.1) is 0 Å². The van der Waals surface area contributed by atoms with E-state index in [0.717, 1.165) is 5.56 Å². The highest BCUT2D eigenvalue weighted by molar-refractivity contribution is 5.97. The zero-order valence-corrected chi connectivity index (χ0v) is 16.1. The molecule has 148 valence electrons. The third kappa shape index (κ3) is 6.87. The smallest absolute Gasteiger partial charge is 0.408 e. The van der Waals surface area contributed by atoms with Crippen LogP contribution in [0.25, 0.3) is 0 Å². The van der Waals surface area contributed by atoms with Gasteiger partial charge < -0.3 is 15.2 Å². The summed E-state index contributed by atoms with van der Waals surface area (Å²) in [6, 6.07) is 15.3. The maximum Gasteiger partial charge on any atom is 0.408 e. The predicted octanol–water partition coefficient (Wildman–Crippen LogP) is 3.84. The van der Waals surface area contributed by atoms with Crippen LogP contribution in [0.15, 0.2) is 54.6 Å². The summed E-state index contributed by atoms with van der Waals surface area (Å²) in [6.45, 7) is 3.75. The van der Waals surface area contributed by atoms with Crippen LogP contribution >= 0.6 is 0 Å². The first kappa shape index (κ1) is 21.2. The first-order valence-electron chi connectivity index (χ1n) is 9.17. The first-order valence-corrected chi connectivity index (χ1v) is 9.17. The van der Waals surface area contributed by atoms with Crippen molar-refractivity contribution >= 4 is 17.8 Å². The Labute approximate surface area is 164 Å². The molecule has 28 heavy (non-hydrogen) atoms. The topological polar surface area (TPSA) is 92.7 Å². The van der Waals surface area contributed by atoms with Crippen LogP contribution in [0.5, 0.6) is 0 Å². The number of ketones is 1. The van der Waals surface area contributed by atoms with Crippen molar-refractivity contribution in [3.05, 3.63) is 71.3 Å². The van der Waals surface area contributed by atoms with E-state index in [1.54, 1.807) is 24.3 Å². The van der Waals surface area contributed by atoms with E-state index in [2.05, 4.69) is 5.32 Å². The van der Waals surface area contributed by atoms with Gasteiger partial charge >= 0.3 is 12.1 Å². The number of benzene rings is 2. The Morgan fingerprint density at radius 1 is 0.964 bits per heavy atom. The van der Waals surface area contributed by atoms with Crippen molar-refractivity contribution in [2.75, 3.05) is 0 Å². The monoisotopic (exact) mass is 383 g/mol. The van der Waals surface area contributed by atoms with Crippen molar-refractivity contribution < 1.29 is 24.2 Å². The number of hydrogen-bond acceptors (Lipinski definition) is 4. The molecule has 0 aliphatic carbocycles. The van der Waals surface area contributed by atoms with Gasteiger partial charge in [0.15, 0.2) is 5.78 Å². The zero-order chi connectivity index (χ0) is 20.5. The summed E-state index contributed by atoms with van der Waals surface area (Å²) in [5, 5.41) is 11.5. The van der Waals surface area contributed by atoms with Crippen molar-refractivity contribution in [1.82, 2.24) is 5.32 Å². The second-order valence-electron chi connectivity index (χ2n) is 7.02. The Balaban J connectivity index is 1.85. The van der Waals surface area contributed by atoms with Crippen LogP contribution in [-0.2, 0) is 22.6 Å². The van der Waals surface area contributed by atoms with E-state index >= 15 is 0 Å².